The third-order valence-corrected chi connectivity index (χ3v) is 7.21. The number of nitrogens with zero attached hydrogens (tertiary/aromatic N) is 2. The molecule has 3 aromatic rings. The van der Waals surface area contributed by atoms with Crippen LogP contribution in [0.3, 0.4) is 0 Å². The van der Waals surface area contributed by atoms with Crippen molar-refractivity contribution in [1.82, 2.24) is 9.88 Å². The molecule has 0 radical (unpaired) electrons. The first-order valence-corrected chi connectivity index (χ1v) is 11.9. The summed E-state index contributed by atoms with van der Waals surface area (Å²) in [7, 11) is 3.46. The van der Waals surface area contributed by atoms with Gasteiger partial charge in [0.1, 0.15) is 11.5 Å². The predicted octanol–water partition coefficient (Wildman–Crippen LogP) is 5.99. The van der Waals surface area contributed by atoms with Gasteiger partial charge in [-0.1, -0.05) is 18.2 Å². The van der Waals surface area contributed by atoms with Gasteiger partial charge in [-0.15, -0.1) is 0 Å². The van der Waals surface area contributed by atoms with Crippen molar-refractivity contribution in [2.75, 3.05) is 27.3 Å². The van der Waals surface area contributed by atoms with E-state index in [1.54, 1.807) is 14.2 Å². The number of pyridine rings is 1. The maximum Gasteiger partial charge on any atom is 0.122 e. The molecule has 0 aliphatic carbocycles. The van der Waals surface area contributed by atoms with Gasteiger partial charge in [0, 0.05) is 24.4 Å². The number of likely N-dealkylation sites (tertiary alicyclic amines) is 1. The Morgan fingerprint density at radius 3 is 2.36 bits per heavy atom. The SMILES string of the molecule is COc1cccc(Cc2ccc(C3CCN(Cc4c(C)cc(OC)c(C)c4C)CC3)nc2)c1. The highest BCUT2D eigenvalue weighted by atomic mass is 16.5. The first-order valence-electron chi connectivity index (χ1n) is 11.9. The Morgan fingerprint density at radius 2 is 1.70 bits per heavy atom. The Labute approximate surface area is 198 Å². The van der Waals surface area contributed by atoms with E-state index in [1.165, 1.54) is 39.1 Å². The number of aryl methyl sites for hydroxylation is 1. The van der Waals surface area contributed by atoms with Crippen molar-refractivity contribution in [1.29, 1.82) is 0 Å². The number of hydrogen-bond donors (Lipinski definition) is 0. The molecular weight excluding hydrogens is 408 g/mol. The van der Waals surface area contributed by atoms with E-state index in [-0.39, 0.29) is 0 Å². The summed E-state index contributed by atoms with van der Waals surface area (Å²) in [5, 5.41) is 0. The zero-order valence-corrected chi connectivity index (χ0v) is 20.6. The van der Waals surface area contributed by atoms with Crippen LogP contribution < -0.4 is 9.47 Å². The molecule has 1 saturated heterocycles. The van der Waals surface area contributed by atoms with Crippen molar-refractivity contribution >= 4 is 0 Å². The summed E-state index contributed by atoms with van der Waals surface area (Å²) in [5.74, 6) is 2.44. The number of methoxy groups -OCH3 is 2. The van der Waals surface area contributed by atoms with E-state index < -0.39 is 0 Å². The van der Waals surface area contributed by atoms with E-state index in [1.807, 2.05) is 18.3 Å². The van der Waals surface area contributed by atoms with Crippen molar-refractivity contribution in [2.24, 2.45) is 0 Å². The Bertz CT molecular complexity index is 1080. The van der Waals surface area contributed by atoms with Crippen LogP contribution in [0, 0.1) is 20.8 Å². The zero-order valence-electron chi connectivity index (χ0n) is 20.6. The second-order valence-electron chi connectivity index (χ2n) is 9.29. The van der Waals surface area contributed by atoms with Gasteiger partial charge in [-0.2, -0.15) is 0 Å². The summed E-state index contributed by atoms with van der Waals surface area (Å²) >= 11 is 0. The lowest BCUT2D eigenvalue weighted by Gasteiger charge is -2.32. The highest BCUT2D eigenvalue weighted by Crippen LogP contribution is 2.31. The normalized spacial score (nSPS) is 14.9. The Hall–Kier alpha value is -2.85. The van der Waals surface area contributed by atoms with E-state index >= 15 is 0 Å². The van der Waals surface area contributed by atoms with Gasteiger partial charge in [-0.3, -0.25) is 9.88 Å². The summed E-state index contributed by atoms with van der Waals surface area (Å²) in [4.78, 5) is 7.44. The molecule has 0 atom stereocenters. The third kappa shape index (κ3) is 5.39. The van der Waals surface area contributed by atoms with Gasteiger partial charge < -0.3 is 9.47 Å². The van der Waals surface area contributed by atoms with E-state index in [0.717, 1.165) is 50.4 Å². The molecular formula is C29H36N2O2. The molecule has 0 spiro atoms. The summed E-state index contributed by atoms with van der Waals surface area (Å²) in [6.07, 6.45) is 5.25. The zero-order chi connectivity index (χ0) is 23.4. The summed E-state index contributed by atoms with van der Waals surface area (Å²) in [6.45, 7) is 9.83. The summed E-state index contributed by atoms with van der Waals surface area (Å²) in [5.41, 5.74) is 9.11. The van der Waals surface area contributed by atoms with E-state index in [0.29, 0.717) is 5.92 Å². The fraction of sp³-hybridized carbons (Fsp3) is 0.414. The van der Waals surface area contributed by atoms with Gasteiger partial charge in [-0.25, -0.2) is 0 Å². The standard InChI is InChI=1S/C29H36N2O2/c1-20-15-29(33-5)22(3)21(2)27(20)19-31-13-11-25(12-14-31)28-10-9-24(18-30-28)16-23-7-6-8-26(17-23)32-4/h6-10,15,17-18,25H,11-14,16,19H2,1-5H3. The van der Waals surface area contributed by atoms with Crippen LogP contribution in [-0.4, -0.2) is 37.2 Å². The minimum absolute atomic E-state index is 0.548. The topological polar surface area (TPSA) is 34.6 Å². The maximum absolute atomic E-state index is 5.54. The fourth-order valence-electron chi connectivity index (χ4n) is 4.96. The molecule has 33 heavy (non-hydrogen) atoms. The van der Waals surface area contributed by atoms with Gasteiger partial charge in [0.15, 0.2) is 0 Å². The number of piperidine rings is 1. The molecule has 4 heteroatoms. The van der Waals surface area contributed by atoms with Crippen LogP contribution in [0.5, 0.6) is 11.5 Å². The van der Waals surface area contributed by atoms with Crippen LogP contribution in [0.1, 0.15) is 57.8 Å². The van der Waals surface area contributed by atoms with E-state index in [2.05, 4.69) is 56.0 Å². The Kier molecular flexibility index (Phi) is 7.34. The minimum Gasteiger partial charge on any atom is -0.497 e. The first-order chi connectivity index (χ1) is 16.0. The van der Waals surface area contributed by atoms with Crippen molar-refractivity contribution < 1.29 is 9.47 Å². The fourth-order valence-corrected chi connectivity index (χ4v) is 4.96. The molecule has 0 saturated carbocycles. The van der Waals surface area contributed by atoms with Gasteiger partial charge in [0.05, 0.1) is 14.2 Å². The van der Waals surface area contributed by atoms with Crippen molar-refractivity contribution in [2.45, 2.75) is 52.5 Å². The van der Waals surface area contributed by atoms with Crippen LogP contribution in [0.4, 0.5) is 0 Å². The second kappa shape index (κ2) is 10.4. The molecule has 1 aliphatic heterocycles. The average molecular weight is 445 g/mol. The van der Waals surface area contributed by atoms with Crippen LogP contribution in [0.25, 0.3) is 0 Å². The van der Waals surface area contributed by atoms with Crippen molar-refractivity contribution in [3.8, 4) is 11.5 Å². The monoisotopic (exact) mass is 444 g/mol. The molecule has 2 aromatic carbocycles. The van der Waals surface area contributed by atoms with Crippen LogP contribution in [0.15, 0.2) is 48.7 Å². The van der Waals surface area contributed by atoms with Crippen molar-refractivity contribution in [3.63, 3.8) is 0 Å². The second-order valence-corrected chi connectivity index (χ2v) is 9.29. The quantitative estimate of drug-likeness (QED) is 0.448. The lowest BCUT2D eigenvalue weighted by Crippen LogP contribution is -2.33. The number of benzene rings is 2. The number of ether oxygens (including phenoxy) is 2. The van der Waals surface area contributed by atoms with Gasteiger partial charge >= 0.3 is 0 Å². The Balaban J connectivity index is 1.35. The van der Waals surface area contributed by atoms with E-state index in [4.69, 9.17) is 14.5 Å². The number of rotatable bonds is 7. The maximum atomic E-state index is 5.54. The molecule has 1 fully saturated rings. The van der Waals surface area contributed by atoms with Crippen LogP contribution in [-0.2, 0) is 13.0 Å². The highest BCUT2D eigenvalue weighted by Gasteiger charge is 2.23. The predicted molar refractivity (Wildman–Crippen MR) is 134 cm³/mol. The Morgan fingerprint density at radius 1 is 0.909 bits per heavy atom. The molecule has 1 aliphatic rings. The number of aromatic nitrogens is 1. The molecule has 0 amide bonds. The smallest absolute Gasteiger partial charge is 0.122 e. The van der Waals surface area contributed by atoms with Gasteiger partial charge in [0.25, 0.3) is 0 Å². The van der Waals surface area contributed by atoms with Crippen LogP contribution >= 0.6 is 0 Å². The van der Waals surface area contributed by atoms with Gasteiger partial charge in [-0.05, 0) is 111 Å². The lowest BCUT2D eigenvalue weighted by atomic mass is 9.91. The minimum atomic E-state index is 0.548. The molecule has 0 unspecified atom stereocenters. The summed E-state index contributed by atoms with van der Waals surface area (Å²) < 4.78 is 10.9. The van der Waals surface area contributed by atoms with Gasteiger partial charge in [0.2, 0.25) is 0 Å². The average Bonchev–Trinajstić information content (AvgIpc) is 2.85. The largest absolute Gasteiger partial charge is 0.497 e. The highest BCUT2D eigenvalue weighted by molar-refractivity contribution is 5.48. The molecule has 4 rings (SSSR count). The van der Waals surface area contributed by atoms with Crippen molar-refractivity contribution in [3.05, 3.63) is 87.7 Å². The molecule has 0 bridgehead atoms. The molecule has 4 nitrogen and oxygen atoms in total. The number of hydrogen-bond acceptors (Lipinski definition) is 4. The summed E-state index contributed by atoms with van der Waals surface area (Å²) in [6, 6.07) is 14.9. The molecule has 1 aromatic heterocycles. The molecule has 0 N–H and O–H groups in total. The molecule has 174 valence electrons. The third-order valence-electron chi connectivity index (χ3n) is 7.21. The first kappa shape index (κ1) is 23.3. The van der Waals surface area contributed by atoms with Crippen LogP contribution in [0.2, 0.25) is 0 Å². The lowest BCUT2D eigenvalue weighted by molar-refractivity contribution is 0.202. The molecule has 2 heterocycles. The van der Waals surface area contributed by atoms with E-state index in [9.17, 15) is 0 Å².